The number of carbonyl (C=O) groups excluding carboxylic acids is 3. The Balaban J connectivity index is 1.37. The lowest BCUT2D eigenvalue weighted by atomic mass is 10.2. The number of imide groups is 1. The predicted molar refractivity (Wildman–Crippen MR) is 110 cm³/mol. The minimum absolute atomic E-state index is 0.0669. The van der Waals surface area contributed by atoms with Crippen molar-refractivity contribution in [2.75, 3.05) is 13.1 Å². The van der Waals surface area contributed by atoms with Gasteiger partial charge in [-0.3, -0.25) is 19.3 Å². The van der Waals surface area contributed by atoms with Crippen molar-refractivity contribution in [1.82, 2.24) is 15.2 Å². The highest BCUT2D eigenvalue weighted by atomic mass is 32.2. The van der Waals surface area contributed by atoms with Gasteiger partial charge in [0, 0.05) is 24.0 Å². The van der Waals surface area contributed by atoms with Gasteiger partial charge in [-0.1, -0.05) is 30.3 Å². The number of nitrogens with zero attached hydrogens (tertiary/aromatic N) is 1. The van der Waals surface area contributed by atoms with Crippen molar-refractivity contribution in [3.05, 3.63) is 76.6 Å². The first-order chi connectivity index (χ1) is 14.0. The second-order valence-corrected chi connectivity index (χ2v) is 7.41. The fourth-order valence-electron chi connectivity index (χ4n) is 3.00. The van der Waals surface area contributed by atoms with Crippen LogP contribution in [0.2, 0.25) is 0 Å². The van der Waals surface area contributed by atoms with Gasteiger partial charge in [-0.25, -0.2) is 4.39 Å². The standard InChI is InChI=1S/C21H16FN3O3S/c22-15-6-7-16-14(11-15)12-17(24-16)19(26)23-8-9-25-20(27)18(29-21(25)28)10-13-4-2-1-3-5-13/h1-7,10-12,24H,8-9H2,(H,23,26)/b18-10-. The Morgan fingerprint density at radius 1 is 1.14 bits per heavy atom. The summed E-state index contributed by atoms with van der Waals surface area (Å²) in [5, 5.41) is 2.89. The van der Waals surface area contributed by atoms with Crippen LogP contribution in [-0.2, 0) is 4.79 Å². The highest BCUT2D eigenvalue weighted by Gasteiger charge is 2.34. The molecule has 0 spiro atoms. The number of fused-ring (bicyclic) bond motifs is 1. The molecule has 29 heavy (non-hydrogen) atoms. The van der Waals surface area contributed by atoms with Gasteiger partial charge in [-0.15, -0.1) is 0 Å². The van der Waals surface area contributed by atoms with Crippen LogP contribution in [0.4, 0.5) is 9.18 Å². The summed E-state index contributed by atoms with van der Waals surface area (Å²) in [4.78, 5) is 41.3. The Hall–Kier alpha value is -3.39. The van der Waals surface area contributed by atoms with Crippen molar-refractivity contribution in [2.24, 2.45) is 0 Å². The number of carbonyl (C=O) groups is 3. The molecule has 0 bridgehead atoms. The molecule has 3 aromatic rings. The van der Waals surface area contributed by atoms with E-state index < -0.39 is 5.91 Å². The van der Waals surface area contributed by atoms with E-state index in [0.717, 1.165) is 22.2 Å². The zero-order valence-electron chi connectivity index (χ0n) is 15.1. The number of hydrogen-bond donors (Lipinski definition) is 2. The number of benzene rings is 2. The molecule has 4 rings (SSSR count). The molecule has 1 aliphatic rings. The molecule has 1 aromatic heterocycles. The number of nitrogens with one attached hydrogen (secondary N) is 2. The average Bonchev–Trinajstić information content (AvgIpc) is 3.24. The van der Waals surface area contributed by atoms with E-state index in [-0.39, 0.29) is 35.7 Å². The Morgan fingerprint density at radius 3 is 2.72 bits per heavy atom. The summed E-state index contributed by atoms with van der Waals surface area (Å²) < 4.78 is 13.3. The predicted octanol–water partition coefficient (Wildman–Crippen LogP) is 3.77. The van der Waals surface area contributed by atoms with Crippen LogP contribution in [0.15, 0.2) is 59.5 Å². The molecule has 2 N–H and O–H groups in total. The van der Waals surface area contributed by atoms with E-state index in [1.165, 1.54) is 12.1 Å². The summed E-state index contributed by atoms with van der Waals surface area (Å²) >= 11 is 0.880. The second-order valence-electron chi connectivity index (χ2n) is 6.41. The summed E-state index contributed by atoms with van der Waals surface area (Å²) in [5.41, 5.74) is 1.76. The second kappa shape index (κ2) is 7.92. The van der Waals surface area contributed by atoms with Crippen LogP contribution in [0, 0.1) is 5.82 Å². The van der Waals surface area contributed by atoms with Crippen molar-refractivity contribution >= 4 is 45.8 Å². The van der Waals surface area contributed by atoms with E-state index in [1.54, 1.807) is 18.2 Å². The number of H-pyrrole nitrogens is 1. The van der Waals surface area contributed by atoms with Crippen molar-refractivity contribution in [1.29, 1.82) is 0 Å². The maximum atomic E-state index is 13.3. The third-order valence-corrected chi connectivity index (χ3v) is 5.33. The van der Waals surface area contributed by atoms with E-state index >= 15 is 0 Å². The number of thioether (sulfide) groups is 1. The minimum Gasteiger partial charge on any atom is -0.351 e. The number of hydrogen-bond acceptors (Lipinski definition) is 4. The molecular weight excluding hydrogens is 393 g/mol. The van der Waals surface area contributed by atoms with E-state index in [9.17, 15) is 18.8 Å². The lowest BCUT2D eigenvalue weighted by Crippen LogP contribution is -2.37. The number of halogens is 1. The van der Waals surface area contributed by atoms with Gasteiger partial charge >= 0.3 is 0 Å². The van der Waals surface area contributed by atoms with Gasteiger partial charge in [0.25, 0.3) is 17.1 Å². The van der Waals surface area contributed by atoms with E-state index in [2.05, 4.69) is 10.3 Å². The molecule has 146 valence electrons. The molecule has 0 aliphatic carbocycles. The molecular formula is C21H16FN3O3S. The first-order valence-corrected chi connectivity index (χ1v) is 9.70. The van der Waals surface area contributed by atoms with Crippen LogP contribution in [0.25, 0.3) is 17.0 Å². The number of rotatable bonds is 5. The fourth-order valence-corrected chi connectivity index (χ4v) is 3.86. The zero-order valence-corrected chi connectivity index (χ0v) is 16.0. The summed E-state index contributed by atoms with van der Waals surface area (Å²) in [6.45, 7) is 0.177. The summed E-state index contributed by atoms with van der Waals surface area (Å²) in [6, 6.07) is 15.0. The molecule has 0 unspecified atom stereocenters. The topological polar surface area (TPSA) is 82.3 Å². The van der Waals surface area contributed by atoms with Gasteiger partial charge < -0.3 is 10.3 Å². The molecule has 1 fully saturated rings. The van der Waals surface area contributed by atoms with Crippen molar-refractivity contribution < 1.29 is 18.8 Å². The monoisotopic (exact) mass is 409 g/mol. The quantitative estimate of drug-likeness (QED) is 0.629. The van der Waals surface area contributed by atoms with Crippen LogP contribution in [0.3, 0.4) is 0 Å². The van der Waals surface area contributed by atoms with Gasteiger partial charge in [0.15, 0.2) is 0 Å². The summed E-state index contributed by atoms with van der Waals surface area (Å²) in [5.74, 6) is -1.15. The molecule has 2 heterocycles. The van der Waals surface area contributed by atoms with Crippen LogP contribution < -0.4 is 5.32 Å². The maximum Gasteiger partial charge on any atom is 0.293 e. The van der Waals surface area contributed by atoms with Crippen LogP contribution in [0.1, 0.15) is 16.1 Å². The minimum atomic E-state index is -0.395. The van der Waals surface area contributed by atoms with E-state index in [1.807, 2.05) is 30.3 Å². The largest absolute Gasteiger partial charge is 0.351 e. The maximum absolute atomic E-state index is 13.3. The Kier molecular flexibility index (Phi) is 5.18. The van der Waals surface area contributed by atoms with Crippen LogP contribution in [-0.4, -0.2) is 40.0 Å². The Morgan fingerprint density at radius 2 is 1.93 bits per heavy atom. The normalized spacial score (nSPS) is 15.5. The molecule has 0 radical (unpaired) electrons. The number of amides is 3. The summed E-state index contributed by atoms with van der Waals surface area (Å²) in [6.07, 6.45) is 1.67. The molecule has 1 saturated heterocycles. The number of aromatic nitrogens is 1. The van der Waals surface area contributed by atoms with Gasteiger partial charge in [0.2, 0.25) is 0 Å². The lowest BCUT2D eigenvalue weighted by Gasteiger charge is -2.12. The van der Waals surface area contributed by atoms with Gasteiger partial charge in [-0.05, 0) is 47.7 Å². The van der Waals surface area contributed by atoms with E-state index in [4.69, 9.17) is 0 Å². The first-order valence-electron chi connectivity index (χ1n) is 8.88. The van der Waals surface area contributed by atoms with Crippen LogP contribution >= 0.6 is 11.8 Å². The molecule has 1 aliphatic heterocycles. The summed E-state index contributed by atoms with van der Waals surface area (Å²) in [7, 11) is 0. The highest BCUT2D eigenvalue weighted by molar-refractivity contribution is 8.18. The fraction of sp³-hybridized carbons (Fsp3) is 0.0952. The van der Waals surface area contributed by atoms with Crippen molar-refractivity contribution in [2.45, 2.75) is 0 Å². The van der Waals surface area contributed by atoms with E-state index in [0.29, 0.717) is 15.8 Å². The first kappa shape index (κ1) is 18.9. The highest BCUT2D eigenvalue weighted by Crippen LogP contribution is 2.31. The smallest absolute Gasteiger partial charge is 0.293 e. The van der Waals surface area contributed by atoms with Gasteiger partial charge in [0.1, 0.15) is 11.5 Å². The Labute approximate surface area is 169 Å². The van der Waals surface area contributed by atoms with Gasteiger partial charge in [0.05, 0.1) is 4.91 Å². The molecule has 0 atom stereocenters. The molecule has 6 nitrogen and oxygen atoms in total. The van der Waals surface area contributed by atoms with Crippen LogP contribution in [0.5, 0.6) is 0 Å². The third-order valence-electron chi connectivity index (χ3n) is 4.42. The average molecular weight is 409 g/mol. The Bertz CT molecular complexity index is 1140. The van der Waals surface area contributed by atoms with Crippen molar-refractivity contribution in [3.8, 4) is 0 Å². The van der Waals surface area contributed by atoms with Gasteiger partial charge in [-0.2, -0.15) is 0 Å². The van der Waals surface area contributed by atoms with Crippen molar-refractivity contribution in [3.63, 3.8) is 0 Å². The molecule has 8 heteroatoms. The molecule has 3 amide bonds. The lowest BCUT2D eigenvalue weighted by molar-refractivity contribution is -0.122. The SMILES string of the molecule is O=C(NCCN1C(=O)S/C(=C\c2ccccc2)C1=O)c1cc2cc(F)ccc2[nH]1. The molecule has 0 saturated carbocycles. The third kappa shape index (κ3) is 4.07. The molecule has 2 aromatic carbocycles. The zero-order chi connectivity index (χ0) is 20.4. The number of aromatic amines is 1.